The van der Waals surface area contributed by atoms with Gasteiger partial charge in [0.1, 0.15) is 12.6 Å². The summed E-state index contributed by atoms with van der Waals surface area (Å²) in [5.41, 5.74) is 0. The summed E-state index contributed by atoms with van der Waals surface area (Å²) >= 11 is 0. The second-order valence-corrected chi connectivity index (χ2v) is 10.3. The van der Waals surface area contributed by atoms with Crippen LogP contribution in [0.4, 0.5) is 0 Å². The Morgan fingerprint density at radius 3 is 2.06 bits per heavy atom. The molecule has 0 aliphatic carbocycles. The van der Waals surface area contributed by atoms with E-state index in [4.69, 9.17) is 14.2 Å². The van der Waals surface area contributed by atoms with Gasteiger partial charge >= 0.3 is 11.9 Å². The van der Waals surface area contributed by atoms with Crippen molar-refractivity contribution in [2.24, 2.45) is 0 Å². The molecule has 8 nitrogen and oxygen atoms in total. The van der Waals surface area contributed by atoms with Gasteiger partial charge in [-0.25, -0.2) is 0 Å². The maximum Gasteiger partial charge on any atom is 0.306 e. The largest absolute Gasteiger partial charge is 0.544 e. The number of likely N-dealkylation sites (N-methyl/N-ethyl adjacent to an activating group) is 1. The Morgan fingerprint density at radius 2 is 1.44 bits per heavy atom. The van der Waals surface area contributed by atoms with E-state index in [1.165, 1.54) is 25.7 Å². The number of carboxylic acids is 1. The van der Waals surface area contributed by atoms with Gasteiger partial charge in [-0.2, -0.15) is 0 Å². The standard InChI is InChI=1S/C28H51NO7/c1-6-8-9-10-11-12-13-14-15-16-17-19-27(31)36-24(23-35-26(30)18-7-2)22-34-21-20-25(28(32)33)29(3,4)5/h10-11,24-25H,6-9,12-23H2,1-5H3/b11-10-. The number of nitrogens with zero attached hydrogens (tertiary/aromatic N) is 1. The number of rotatable bonds is 23. The van der Waals surface area contributed by atoms with E-state index in [1.807, 2.05) is 6.92 Å². The highest BCUT2D eigenvalue weighted by Gasteiger charge is 2.25. The number of hydrogen-bond donors (Lipinski definition) is 0. The molecule has 0 rings (SSSR count). The van der Waals surface area contributed by atoms with E-state index in [9.17, 15) is 19.5 Å². The molecule has 0 N–H and O–H groups in total. The Hall–Kier alpha value is -1.93. The Balaban J connectivity index is 4.35. The fraction of sp³-hybridized carbons (Fsp3) is 0.821. The number of allylic oxidation sites excluding steroid dienone is 2. The van der Waals surface area contributed by atoms with E-state index in [-0.39, 0.29) is 42.7 Å². The van der Waals surface area contributed by atoms with Crippen LogP contribution in [0.2, 0.25) is 0 Å². The van der Waals surface area contributed by atoms with Gasteiger partial charge in [-0.1, -0.05) is 58.1 Å². The predicted octanol–water partition coefficient (Wildman–Crippen LogP) is 3.95. The van der Waals surface area contributed by atoms with Crippen molar-refractivity contribution in [3.63, 3.8) is 0 Å². The molecule has 36 heavy (non-hydrogen) atoms. The number of carbonyl (C=O) groups excluding carboxylic acids is 3. The molecule has 2 atom stereocenters. The lowest BCUT2D eigenvalue weighted by molar-refractivity contribution is -0.889. The molecule has 0 radical (unpaired) electrons. The van der Waals surface area contributed by atoms with E-state index in [0.717, 1.165) is 32.1 Å². The summed E-state index contributed by atoms with van der Waals surface area (Å²) in [6.45, 7) is 4.21. The Kier molecular flexibility index (Phi) is 20.0. The van der Waals surface area contributed by atoms with Gasteiger partial charge in [0, 0.05) is 19.3 Å². The van der Waals surface area contributed by atoms with Crippen molar-refractivity contribution >= 4 is 17.9 Å². The third-order valence-electron chi connectivity index (χ3n) is 5.87. The van der Waals surface area contributed by atoms with Crippen molar-refractivity contribution in [2.45, 2.75) is 109 Å². The molecular formula is C28H51NO7. The Labute approximate surface area is 218 Å². The van der Waals surface area contributed by atoms with E-state index in [0.29, 0.717) is 19.3 Å². The number of unbranched alkanes of at least 4 members (excludes halogenated alkanes) is 7. The minimum atomic E-state index is -1.13. The maximum atomic E-state index is 12.3. The molecule has 0 spiro atoms. The molecule has 0 saturated heterocycles. The molecule has 0 saturated carbocycles. The zero-order chi connectivity index (χ0) is 27.2. The van der Waals surface area contributed by atoms with Crippen LogP contribution < -0.4 is 5.11 Å². The van der Waals surface area contributed by atoms with Gasteiger partial charge < -0.3 is 28.6 Å². The fourth-order valence-electron chi connectivity index (χ4n) is 3.67. The Bertz CT molecular complexity index is 628. The summed E-state index contributed by atoms with van der Waals surface area (Å²) in [5, 5.41) is 11.4. The number of esters is 2. The smallest absolute Gasteiger partial charge is 0.306 e. The molecule has 0 bridgehead atoms. The lowest BCUT2D eigenvalue weighted by atomic mass is 10.1. The van der Waals surface area contributed by atoms with E-state index in [2.05, 4.69) is 19.1 Å². The summed E-state index contributed by atoms with van der Waals surface area (Å²) in [6, 6.07) is -0.717. The highest BCUT2D eigenvalue weighted by atomic mass is 16.6. The van der Waals surface area contributed by atoms with Gasteiger partial charge in [-0.05, 0) is 32.1 Å². The Morgan fingerprint density at radius 1 is 0.806 bits per heavy atom. The fourth-order valence-corrected chi connectivity index (χ4v) is 3.67. The summed E-state index contributed by atoms with van der Waals surface area (Å²) in [5.74, 6) is -1.82. The molecule has 0 aliphatic heterocycles. The van der Waals surface area contributed by atoms with Crippen LogP contribution in [0.25, 0.3) is 0 Å². The number of ether oxygens (including phenoxy) is 3. The maximum absolute atomic E-state index is 12.3. The highest BCUT2D eigenvalue weighted by molar-refractivity contribution is 5.70. The minimum absolute atomic E-state index is 0.0355. The summed E-state index contributed by atoms with van der Waals surface area (Å²) in [4.78, 5) is 35.5. The van der Waals surface area contributed by atoms with Crippen LogP contribution in [0.15, 0.2) is 12.2 Å². The normalized spacial score (nSPS) is 13.5. The second kappa shape index (κ2) is 21.2. The first-order valence-corrected chi connectivity index (χ1v) is 13.7. The first-order chi connectivity index (χ1) is 17.1. The van der Waals surface area contributed by atoms with Gasteiger partial charge in [0.2, 0.25) is 0 Å². The molecule has 0 fully saturated rings. The van der Waals surface area contributed by atoms with Gasteiger partial charge in [-0.15, -0.1) is 0 Å². The molecule has 0 aromatic heterocycles. The average molecular weight is 514 g/mol. The van der Waals surface area contributed by atoms with Crippen molar-refractivity contribution in [2.75, 3.05) is 41.0 Å². The first kappa shape index (κ1) is 34.1. The van der Waals surface area contributed by atoms with Gasteiger partial charge in [0.15, 0.2) is 6.10 Å². The zero-order valence-corrected chi connectivity index (χ0v) is 23.4. The van der Waals surface area contributed by atoms with Crippen LogP contribution in [0.5, 0.6) is 0 Å². The molecule has 0 heterocycles. The third kappa shape index (κ3) is 19.3. The third-order valence-corrected chi connectivity index (χ3v) is 5.87. The van der Waals surface area contributed by atoms with Crippen LogP contribution in [-0.4, -0.2) is 75.5 Å². The van der Waals surface area contributed by atoms with Gasteiger partial charge in [-0.3, -0.25) is 9.59 Å². The van der Waals surface area contributed by atoms with Crippen molar-refractivity contribution in [3.8, 4) is 0 Å². The number of quaternary nitrogens is 1. The van der Waals surface area contributed by atoms with Crippen LogP contribution in [-0.2, 0) is 28.6 Å². The van der Waals surface area contributed by atoms with E-state index >= 15 is 0 Å². The molecule has 0 amide bonds. The van der Waals surface area contributed by atoms with Crippen LogP contribution in [0, 0.1) is 0 Å². The zero-order valence-electron chi connectivity index (χ0n) is 23.4. The number of carbonyl (C=O) groups is 3. The summed E-state index contributed by atoms with van der Waals surface area (Å²) < 4.78 is 16.5. The number of aliphatic carboxylic acids is 1. The summed E-state index contributed by atoms with van der Waals surface area (Å²) in [7, 11) is 5.35. The molecule has 0 aromatic rings. The molecule has 210 valence electrons. The quantitative estimate of drug-likeness (QED) is 0.0882. The van der Waals surface area contributed by atoms with Crippen molar-refractivity contribution < 1.29 is 38.2 Å². The van der Waals surface area contributed by atoms with Crippen molar-refractivity contribution in [1.82, 2.24) is 0 Å². The van der Waals surface area contributed by atoms with E-state index in [1.54, 1.807) is 21.1 Å². The van der Waals surface area contributed by atoms with Gasteiger partial charge in [0.25, 0.3) is 0 Å². The molecular weight excluding hydrogens is 462 g/mol. The lowest BCUT2D eigenvalue weighted by Gasteiger charge is -2.34. The number of hydrogen-bond acceptors (Lipinski definition) is 7. The lowest BCUT2D eigenvalue weighted by Crippen LogP contribution is -2.55. The molecule has 0 aliphatic rings. The molecule has 8 heteroatoms. The van der Waals surface area contributed by atoms with Gasteiger partial charge in [0.05, 0.1) is 40.3 Å². The van der Waals surface area contributed by atoms with Crippen molar-refractivity contribution in [3.05, 3.63) is 12.2 Å². The second-order valence-electron chi connectivity index (χ2n) is 10.3. The minimum Gasteiger partial charge on any atom is -0.544 e. The van der Waals surface area contributed by atoms with Crippen LogP contribution in [0.1, 0.15) is 97.3 Å². The highest BCUT2D eigenvalue weighted by Crippen LogP contribution is 2.11. The van der Waals surface area contributed by atoms with Crippen molar-refractivity contribution in [1.29, 1.82) is 0 Å². The topological polar surface area (TPSA) is 102 Å². The molecule has 0 aromatic carbocycles. The molecule has 2 unspecified atom stereocenters. The number of carboxylic acid groups (broad SMARTS) is 1. The monoisotopic (exact) mass is 513 g/mol. The van der Waals surface area contributed by atoms with E-state index < -0.39 is 18.1 Å². The first-order valence-electron chi connectivity index (χ1n) is 13.7. The van der Waals surface area contributed by atoms with Crippen LogP contribution >= 0.6 is 0 Å². The predicted molar refractivity (Wildman–Crippen MR) is 139 cm³/mol. The summed E-state index contributed by atoms with van der Waals surface area (Å²) in [6.07, 6.45) is 15.2. The van der Waals surface area contributed by atoms with Crippen LogP contribution in [0.3, 0.4) is 0 Å². The SMILES string of the molecule is CCCC/C=C\CCCCCCCC(=O)OC(COCCC(C(=O)[O-])[N+](C)(C)C)COC(=O)CCC. The average Bonchev–Trinajstić information content (AvgIpc) is 2.79.